The summed E-state index contributed by atoms with van der Waals surface area (Å²) in [5.74, 6) is -13.6. The van der Waals surface area contributed by atoms with Crippen molar-refractivity contribution in [3.05, 3.63) is 53.4 Å². The summed E-state index contributed by atoms with van der Waals surface area (Å²) in [6.07, 6.45) is -5.95. The van der Waals surface area contributed by atoms with Crippen LogP contribution in [0.4, 0.5) is 27.6 Å². The van der Waals surface area contributed by atoms with Crippen LogP contribution in [0.25, 0.3) is 0 Å². The van der Waals surface area contributed by atoms with E-state index in [9.17, 15) is 46.6 Å². The summed E-state index contributed by atoms with van der Waals surface area (Å²) in [7, 11) is -4.37. The van der Waals surface area contributed by atoms with Crippen LogP contribution in [0.1, 0.15) is 39.0 Å². The van der Waals surface area contributed by atoms with Crippen LogP contribution in [0.2, 0.25) is 0 Å². The van der Waals surface area contributed by atoms with Crippen molar-refractivity contribution < 1.29 is 89.6 Å². The minimum absolute atomic E-state index is 0.0624. The lowest BCUT2D eigenvalue weighted by molar-refractivity contribution is -0.272. The third-order valence-corrected chi connectivity index (χ3v) is 9.59. The molecule has 7 N–H and O–H groups in total. The fourth-order valence-electron chi connectivity index (χ4n) is 5.32. The van der Waals surface area contributed by atoms with Gasteiger partial charge < -0.3 is 68.9 Å². The van der Waals surface area contributed by atoms with E-state index in [1.54, 1.807) is 24.3 Å². The number of hydrogen-bond donors (Lipinski definition) is 7. The second kappa shape index (κ2) is 25.6. The van der Waals surface area contributed by atoms with Crippen molar-refractivity contribution in [2.24, 2.45) is 5.92 Å². The molecule has 23 heteroatoms. The largest absolute Gasteiger partial charge is 0.462 e. The Balaban J connectivity index is 1.14. The molecule has 1 aliphatic rings. The lowest BCUT2D eigenvalue weighted by atomic mass is 9.97. The van der Waals surface area contributed by atoms with E-state index in [0.29, 0.717) is 49.7 Å². The topological polar surface area (TPSA) is 224 Å². The summed E-state index contributed by atoms with van der Waals surface area (Å²) >= 11 is 5.37. The van der Waals surface area contributed by atoms with E-state index in [-0.39, 0.29) is 38.6 Å². The third-order valence-electron chi connectivity index (χ3n) is 8.50. The molecule has 0 radical (unpaired) electrons. The average molecular weight is 893 g/mol. The minimum atomic E-state index is -4.37. The van der Waals surface area contributed by atoms with Gasteiger partial charge in [-0.1, -0.05) is 13.3 Å². The molecule has 0 spiro atoms. The predicted octanol–water partition coefficient (Wildman–Crippen LogP) is 3.29. The number of aliphatic hydroxyl groups is 3. The minimum Gasteiger partial charge on any atom is -0.462 e. The predicted molar refractivity (Wildman–Crippen MR) is 202 cm³/mol. The second-order valence-corrected chi connectivity index (χ2v) is 15.5. The SMILES string of the molecule is CC(CCCCNC(=S)Nc1ccc(O[C@H]2O[C@H](CCP(=O)(O)O)[C@@H](O)[C@H](O)[C@@H]2O)cc1)COCCOCCOCCOCCC(=O)Oc1c(F)c(F)c(F)c(F)c1F. The van der Waals surface area contributed by atoms with Crippen LogP contribution in [0.3, 0.4) is 0 Å². The molecule has 1 unspecified atom stereocenters. The number of benzene rings is 2. The van der Waals surface area contributed by atoms with Crippen molar-refractivity contribution in [2.45, 2.75) is 69.7 Å². The molecule has 0 saturated carbocycles. The van der Waals surface area contributed by atoms with Gasteiger partial charge in [-0.3, -0.25) is 9.36 Å². The van der Waals surface area contributed by atoms with Crippen molar-refractivity contribution in [3.63, 3.8) is 0 Å². The maximum atomic E-state index is 13.6. The van der Waals surface area contributed by atoms with Crippen molar-refractivity contribution in [1.29, 1.82) is 0 Å². The normalized spacial score (nSPS) is 19.9. The van der Waals surface area contributed by atoms with Crippen LogP contribution in [0.15, 0.2) is 24.3 Å². The Kier molecular flexibility index (Phi) is 21.8. The molecule has 3 rings (SSSR count). The monoisotopic (exact) mass is 892 g/mol. The molecule has 59 heavy (non-hydrogen) atoms. The molecule has 1 fully saturated rings. The number of thiocarbonyl (C=S) groups is 1. The van der Waals surface area contributed by atoms with Crippen molar-refractivity contribution in [1.82, 2.24) is 5.32 Å². The van der Waals surface area contributed by atoms with Gasteiger partial charge in [0.1, 0.15) is 24.1 Å². The van der Waals surface area contributed by atoms with Gasteiger partial charge in [0, 0.05) is 18.8 Å². The molecule has 0 aliphatic carbocycles. The maximum Gasteiger partial charge on any atom is 0.325 e. The number of carbonyl (C=O) groups excluding carboxylic acids is 1. The van der Waals surface area contributed by atoms with Gasteiger partial charge in [0.25, 0.3) is 0 Å². The number of unbranched alkanes of at least 4 members (excludes halogenated alkanes) is 1. The van der Waals surface area contributed by atoms with E-state index in [0.717, 1.165) is 19.3 Å². The average Bonchev–Trinajstić information content (AvgIpc) is 3.19. The fraction of sp³-hybridized carbons (Fsp3) is 0.611. The Hall–Kier alpha value is -3.12. The molecule has 0 aromatic heterocycles. The zero-order valence-corrected chi connectivity index (χ0v) is 33.7. The molecular formula is C36H50F5N2O14PS. The number of halogens is 5. The van der Waals surface area contributed by atoms with Crippen LogP contribution < -0.4 is 20.1 Å². The zero-order chi connectivity index (χ0) is 43.5. The lowest BCUT2D eigenvalue weighted by Gasteiger charge is -2.40. The first-order valence-electron chi connectivity index (χ1n) is 18.6. The van der Waals surface area contributed by atoms with Crippen LogP contribution in [0.5, 0.6) is 11.5 Å². The first-order chi connectivity index (χ1) is 28.0. The molecule has 2 aromatic carbocycles. The highest BCUT2D eigenvalue weighted by molar-refractivity contribution is 7.80. The molecule has 6 atom stereocenters. The Bertz CT molecular complexity index is 1640. The summed E-state index contributed by atoms with van der Waals surface area (Å²) in [6, 6.07) is 6.47. The Labute approximate surface area is 342 Å². The van der Waals surface area contributed by atoms with Gasteiger partial charge in [-0.25, -0.2) is 13.2 Å². The van der Waals surface area contributed by atoms with Crippen molar-refractivity contribution >= 4 is 36.6 Å². The standard InChI is InChI=1S/C36H50F5N2O14PS/c1-21(20-54-18-17-53-16-15-52-14-13-51-12-9-25(44)57-34-29(40)27(38)26(37)28(39)30(34)41)4-2-3-11-42-36(59)43-22-5-7-23(8-6-22)55-35-33(47)32(46)31(45)24(56-35)10-19-58(48,49)50/h5-8,21,24,31-33,35,45-47H,2-4,9-20H2,1H3,(H2,42,43,59)(H2,48,49,50)/t21?,24-,31-,32+,33+,35+/m1/s1. The maximum absolute atomic E-state index is 13.6. The number of nitrogens with one attached hydrogen (secondary N) is 2. The Morgan fingerprint density at radius 1 is 0.814 bits per heavy atom. The van der Waals surface area contributed by atoms with Gasteiger partial charge in [0.2, 0.25) is 41.1 Å². The molecule has 1 saturated heterocycles. The van der Waals surface area contributed by atoms with E-state index in [1.165, 1.54) is 0 Å². The zero-order valence-electron chi connectivity index (χ0n) is 32.0. The fourth-order valence-corrected chi connectivity index (χ4v) is 6.13. The van der Waals surface area contributed by atoms with E-state index in [1.807, 2.05) is 0 Å². The summed E-state index contributed by atoms with van der Waals surface area (Å²) in [5.41, 5.74) is 0.645. The van der Waals surface area contributed by atoms with E-state index in [2.05, 4.69) is 22.3 Å². The first-order valence-corrected chi connectivity index (χ1v) is 20.8. The number of rotatable bonds is 26. The van der Waals surface area contributed by atoms with Gasteiger partial charge in [0.05, 0.1) is 64.9 Å². The third kappa shape index (κ3) is 17.8. The van der Waals surface area contributed by atoms with Crippen LogP contribution in [0, 0.1) is 35.0 Å². The van der Waals surface area contributed by atoms with Crippen LogP contribution >= 0.6 is 19.8 Å². The summed E-state index contributed by atoms with van der Waals surface area (Å²) in [5, 5.41) is 37.2. The molecule has 16 nitrogen and oxygen atoms in total. The number of carbonyl (C=O) groups is 1. The van der Waals surface area contributed by atoms with E-state index >= 15 is 0 Å². The van der Waals surface area contributed by atoms with Gasteiger partial charge >= 0.3 is 13.6 Å². The molecule has 1 heterocycles. The van der Waals surface area contributed by atoms with Gasteiger partial charge in [-0.2, -0.15) is 8.78 Å². The number of ether oxygens (including phenoxy) is 7. The quantitative estimate of drug-likeness (QED) is 0.0105. The second-order valence-electron chi connectivity index (χ2n) is 13.4. The molecular weight excluding hydrogens is 842 g/mol. The summed E-state index contributed by atoms with van der Waals surface area (Å²) in [4.78, 5) is 30.0. The molecule has 0 bridgehead atoms. The number of esters is 1. The smallest absolute Gasteiger partial charge is 0.325 e. The summed E-state index contributed by atoms with van der Waals surface area (Å²) in [6.45, 7) is 4.56. The molecule has 1 aliphatic heterocycles. The molecule has 334 valence electrons. The van der Waals surface area contributed by atoms with Crippen molar-refractivity contribution in [3.8, 4) is 11.5 Å². The highest BCUT2D eigenvalue weighted by Crippen LogP contribution is 2.37. The highest BCUT2D eigenvalue weighted by atomic mass is 32.1. The van der Waals surface area contributed by atoms with E-state index in [4.69, 9.17) is 50.4 Å². The first kappa shape index (κ1) is 50.2. The van der Waals surface area contributed by atoms with Crippen molar-refractivity contribution in [2.75, 3.05) is 70.9 Å². The lowest BCUT2D eigenvalue weighted by Crippen LogP contribution is -2.59. The highest BCUT2D eigenvalue weighted by Gasteiger charge is 2.45. The van der Waals surface area contributed by atoms with Crippen LogP contribution in [-0.4, -0.2) is 132 Å². The number of anilines is 1. The Morgan fingerprint density at radius 2 is 1.37 bits per heavy atom. The van der Waals surface area contributed by atoms with Crippen LogP contribution in [-0.2, 0) is 33.0 Å². The summed E-state index contributed by atoms with van der Waals surface area (Å²) < 4.78 is 115. The number of hydrogen-bond acceptors (Lipinski definition) is 13. The van der Waals surface area contributed by atoms with E-state index < -0.39 is 91.7 Å². The molecule has 2 aromatic rings. The van der Waals surface area contributed by atoms with Gasteiger partial charge in [-0.05, 0) is 61.7 Å². The Morgan fingerprint density at radius 3 is 1.97 bits per heavy atom. The van der Waals surface area contributed by atoms with Gasteiger partial charge in [0.15, 0.2) is 5.11 Å². The van der Waals surface area contributed by atoms with Gasteiger partial charge in [-0.15, -0.1) is 0 Å². The number of aliphatic hydroxyl groups excluding tert-OH is 3. The molecule has 0 amide bonds.